The van der Waals surface area contributed by atoms with Gasteiger partial charge in [-0.25, -0.2) is 0 Å². The van der Waals surface area contributed by atoms with Gasteiger partial charge in [0.15, 0.2) is 0 Å². The van der Waals surface area contributed by atoms with Gasteiger partial charge in [0.2, 0.25) is 5.91 Å². The molecular weight excluding hydrogens is 310 g/mol. The van der Waals surface area contributed by atoms with Crippen LogP contribution >= 0.6 is 12.4 Å². The maximum Gasteiger partial charge on any atom is 0.237 e. The first-order chi connectivity index (χ1) is 10.5. The van der Waals surface area contributed by atoms with E-state index in [1.54, 1.807) is 0 Å². The van der Waals surface area contributed by atoms with Gasteiger partial charge in [-0.2, -0.15) is 0 Å². The minimum absolute atomic E-state index is 0. The SMILES string of the molecule is CC1CCCN(CC(=O)N(C)C(C)c2ccccc2)C1CN.Cl. The van der Waals surface area contributed by atoms with Gasteiger partial charge < -0.3 is 10.6 Å². The number of carbonyl (C=O) groups excluding carboxylic acids is 1. The van der Waals surface area contributed by atoms with E-state index in [2.05, 4.69) is 30.9 Å². The standard InChI is InChI=1S/C18H29N3O.ClH/c1-14-8-7-11-21(17(14)12-19)13-18(22)20(3)15(2)16-9-5-4-6-10-16;/h4-6,9-10,14-15,17H,7-8,11-13,19H2,1-3H3;1H. The molecule has 23 heavy (non-hydrogen) atoms. The van der Waals surface area contributed by atoms with E-state index in [1.165, 1.54) is 12.0 Å². The van der Waals surface area contributed by atoms with Gasteiger partial charge in [-0.05, 0) is 37.8 Å². The van der Waals surface area contributed by atoms with Gasteiger partial charge in [0, 0.05) is 19.6 Å². The van der Waals surface area contributed by atoms with Crippen LogP contribution in [-0.4, -0.2) is 48.4 Å². The Morgan fingerprint density at radius 3 is 2.65 bits per heavy atom. The van der Waals surface area contributed by atoms with E-state index in [9.17, 15) is 4.79 Å². The highest BCUT2D eigenvalue weighted by molar-refractivity contribution is 5.85. The van der Waals surface area contributed by atoms with Crippen LogP contribution < -0.4 is 5.73 Å². The minimum Gasteiger partial charge on any atom is -0.338 e. The van der Waals surface area contributed by atoms with Crippen molar-refractivity contribution in [2.75, 3.05) is 26.7 Å². The zero-order valence-corrected chi connectivity index (χ0v) is 15.3. The fourth-order valence-corrected chi connectivity index (χ4v) is 3.37. The molecule has 2 N–H and O–H groups in total. The molecule has 0 aromatic heterocycles. The van der Waals surface area contributed by atoms with Crippen LogP contribution in [0.25, 0.3) is 0 Å². The molecule has 1 amide bonds. The van der Waals surface area contributed by atoms with E-state index in [-0.39, 0.29) is 24.4 Å². The molecule has 1 aromatic rings. The molecule has 1 fully saturated rings. The number of halogens is 1. The quantitative estimate of drug-likeness (QED) is 0.897. The van der Waals surface area contributed by atoms with Crippen LogP contribution in [0.1, 0.15) is 38.3 Å². The Bertz CT molecular complexity index is 482. The lowest BCUT2D eigenvalue weighted by Gasteiger charge is -2.40. The molecule has 130 valence electrons. The highest BCUT2D eigenvalue weighted by Gasteiger charge is 2.30. The fraction of sp³-hybridized carbons (Fsp3) is 0.611. The summed E-state index contributed by atoms with van der Waals surface area (Å²) < 4.78 is 0. The zero-order chi connectivity index (χ0) is 16.1. The summed E-state index contributed by atoms with van der Waals surface area (Å²) in [5.41, 5.74) is 7.09. The predicted octanol–water partition coefficient (Wildman–Crippen LogP) is 2.69. The molecular formula is C18H30ClN3O. The smallest absolute Gasteiger partial charge is 0.237 e. The lowest BCUT2D eigenvalue weighted by molar-refractivity contribution is -0.134. The van der Waals surface area contributed by atoms with Gasteiger partial charge in [-0.1, -0.05) is 37.3 Å². The van der Waals surface area contributed by atoms with Crippen LogP contribution in [0.5, 0.6) is 0 Å². The van der Waals surface area contributed by atoms with Crippen molar-refractivity contribution in [1.82, 2.24) is 9.80 Å². The molecule has 3 atom stereocenters. The molecule has 4 nitrogen and oxygen atoms in total. The van der Waals surface area contributed by atoms with Crippen LogP contribution in [0.4, 0.5) is 0 Å². The first kappa shape index (κ1) is 19.9. The molecule has 5 heteroatoms. The molecule has 0 bridgehead atoms. The number of piperidine rings is 1. The summed E-state index contributed by atoms with van der Waals surface area (Å²) in [5, 5.41) is 0. The van der Waals surface area contributed by atoms with Crippen molar-refractivity contribution in [3.8, 4) is 0 Å². The summed E-state index contributed by atoms with van der Waals surface area (Å²) in [4.78, 5) is 16.8. The van der Waals surface area contributed by atoms with Crippen molar-refractivity contribution in [1.29, 1.82) is 0 Å². The predicted molar refractivity (Wildman–Crippen MR) is 97.7 cm³/mol. The van der Waals surface area contributed by atoms with Crippen molar-refractivity contribution in [3.63, 3.8) is 0 Å². The van der Waals surface area contributed by atoms with Gasteiger partial charge in [0.25, 0.3) is 0 Å². The summed E-state index contributed by atoms with van der Waals surface area (Å²) in [6.07, 6.45) is 2.37. The van der Waals surface area contributed by atoms with E-state index >= 15 is 0 Å². The Morgan fingerprint density at radius 2 is 2.04 bits per heavy atom. The molecule has 1 heterocycles. The summed E-state index contributed by atoms with van der Waals surface area (Å²) >= 11 is 0. The van der Waals surface area contributed by atoms with E-state index in [1.807, 2.05) is 30.1 Å². The van der Waals surface area contributed by atoms with E-state index in [0.29, 0.717) is 25.0 Å². The molecule has 0 saturated carbocycles. The fourth-order valence-electron chi connectivity index (χ4n) is 3.37. The normalized spacial score (nSPS) is 23.0. The monoisotopic (exact) mass is 339 g/mol. The van der Waals surface area contributed by atoms with Crippen LogP contribution in [-0.2, 0) is 4.79 Å². The third-order valence-corrected chi connectivity index (χ3v) is 5.07. The van der Waals surface area contributed by atoms with E-state index in [0.717, 1.165) is 13.0 Å². The number of carbonyl (C=O) groups is 1. The highest BCUT2D eigenvalue weighted by Crippen LogP contribution is 2.23. The average Bonchev–Trinajstić information content (AvgIpc) is 2.54. The number of hydrogen-bond acceptors (Lipinski definition) is 3. The molecule has 1 aliphatic heterocycles. The van der Waals surface area contributed by atoms with E-state index < -0.39 is 0 Å². The average molecular weight is 340 g/mol. The first-order valence-corrected chi connectivity index (χ1v) is 8.29. The number of nitrogens with two attached hydrogens (primary N) is 1. The topological polar surface area (TPSA) is 49.6 Å². The first-order valence-electron chi connectivity index (χ1n) is 8.29. The number of rotatable bonds is 5. The van der Waals surface area contributed by atoms with Crippen molar-refractivity contribution in [2.45, 2.75) is 38.8 Å². The number of benzene rings is 1. The van der Waals surface area contributed by atoms with Gasteiger partial charge in [-0.15, -0.1) is 12.4 Å². The van der Waals surface area contributed by atoms with Crippen LogP contribution in [0.2, 0.25) is 0 Å². The second-order valence-corrected chi connectivity index (χ2v) is 6.48. The van der Waals surface area contributed by atoms with Gasteiger partial charge in [-0.3, -0.25) is 9.69 Å². The molecule has 0 aliphatic carbocycles. The highest BCUT2D eigenvalue weighted by atomic mass is 35.5. The van der Waals surface area contributed by atoms with Crippen molar-refractivity contribution < 1.29 is 4.79 Å². The Labute approximate surface area is 146 Å². The van der Waals surface area contributed by atoms with Gasteiger partial charge in [0.05, 0.1) is 12.6 Å². The van der Waals surface area contributed by atoms with Gasteiger partial charge >= 0.3 is 0 Å². The molecule has 1 aliphatic rings. The third kappa shape index (κ3) is 4.93. The Morgan fingerprint density at radius 1 is 1.39 bits per heavy atom. The van der Waals surface area contributed by atoms with Crippen molar-refractivity contribution >= 4 is 18.3 Å². The van der Waals surface area contributed by atoms with Crippen LogP contribution in [0, 0.1) is 5.92 Å². The molecule has 1 saturated heterocycles. The lowest BCUT2D eigenvalue weighted by atomic mass is 9.91. The summed E-state index contributed by atoms with van der Waals surface area (Å²) in [5.74, 6) is 0.743. The largest absolute Gasteiger partial charge is 0.338 e. The summed E-state index contributed by atoms with van der Waals surface area (Å²) in [6, 6.07) is 10.6. The summed E-state index contributed by atoms with van der Waals surface area (Å²) in [7, 11) is 1.89. The molecule has 0 spiro atoms. The van der Waals surface area contributed by atoms with Crippen molar-refractivity contribution in [2.24, 2.45) is 11.7 Å². The second-order valence-electron chi connectivity index (χ2n) is 6.48. The molecule has 3 unspecified atom stereocenters. The van der Waals surface area contributed by atoms with Gasteiger partial charge in [0.1, 0.15) is 0 Å². The third-order valence-electron chi connectivity index (χ3n) is 5.07. The number of hydrogen-bond donors (Lipinski definition) is 1. The summed E-state index contributed by atoms with van der Waals surface area (Å²) in [6.45, 7) is 6.40. The molecule has 1 aromatic carbocycles. The maximum absolute atomic E-state index is 12.6. The van der Waals surface area contributed by atoms with Crippen LogP contribution in [0.3, 0.4) is 0 Å². The molecule has 0 radical (unpaired) electrons. The minimum atomic E-state index is 0. The van der Waals surface area contributed by atoms with Crippen molar-refractivity contribution in [3.05, 3.63) is 35.9 Å². The Kier molecular flexibility index (Phi) is 8.03. The number of likely N-dealkylation sites (tertiary alicyclic amines) is 1. The van der Waals surface area contributed by atoms with E-state index in [4.69, 9.17) is 5.73 Å². The Balaban J connectivity index is 0.00000264. The maximum atomic E-state index is 12.6. The number of likely N-dealkylation sites (N-methyl/N-ethyl adjacent to an activating group) is 1. The number of nitrogens with zero attached hydrogens (tertiary/aromatic N) is 2. The lowest BCUT2D eigenvalue weighted by Crippen LogP contribution is -2.52. The number of amides is 1. The Hall–Kier alpha value is -1.10. The van der Waals surface area contributed by atoms with Crippen LogP contribution in [0.15, 0.2) is 30.3 Å². The molecule has 2 rings (SSSR count). The second kappa shape index (κ2) is 9.26. The zero-order valence-electron chi connectivity index (χ0n) is 14.4.